The number of hydrogen-bond donors (Lipinski definition) is 0. The van der Waals surface area contributed by atoms with Crippen LogP contribution in [0.4, 0.5) is 0 Å². The van der Waals surface area contributed by atoms with Crippen molar-refractivity contribution >= 4 is 16.6 Å². The van der Waals surface area contributed by atoms with Crippen molar-refractivity contribution in [2.24, 2.45) is 5.92 Å². The number of rotatable bonds is 4. The first-order chi connectivity index (χ1) is 10.8. The molecular formula is C20H15NO. The molecule has 2 heteroatoms. The summed E-state index contributed by atoms with van der Waals surface area (Å²) in [6.45, 7) is 0. The van der Waals surface area contributed by atoms with Gasteiger partial charge in [0.15, 0.2) is 5.78 Å². The maximum Gasteiger partial charge on any atom is 0.180 e. The van der Waals surface area contributed by atoms with Gasteiger partial charge in [0, 0.05) is 5.56 Å². The summed E-state index contributed by atoms with van der Waals surface area (Å²) in [5.41, 5.74) is 1.60. The lowest BCUT2D eigenvalue weighted by Gasteiger charge is -2.09. The lowest BCUT2D eigenvalue weighted by molar-refractivity contribution is 0.0948. The summed E-state index contributed by atoms with van der Waals surface area (Å²) in [5, 5.41) is 11.5. The van der Waals surface area contributed by atoms with E-state index in [4.69, 9.17) is 0 Å². The predicted molar refractivity (Wildman–Crippen MR) is 87.5 cm³/mol. The van der Waals surface area contributed by atoms with Crippen LogP contribution in [-0.4, -0.2) is 5.78 Å². The van der Waals surface area contributed by atoms with Crippen LogP contribution in [0.1, 0.15) is 15.9 Å². The molecule has 0 spiro atoms. The van der Waals surface area contributed by atoms with Gasteiger partial charge < -0.3 is 0 Å². The topological polar surface area (TPSA) is 40.9 Å². The monoisotopic (exact) mass is 285 g/mol. The van der Waals surface area contributed by atoms with Gasteiger partial charge in [0.05, 0.1) is 6.07 Å². The highest BCUT2D eigenvalue weighted by Crippen LogP contribution is 2.19. The number of carbonyl (C=O) groups excluding carboxylic acids is 1. The molecule has 0 N–H and O–H groups in total. The predicted octanol–water partition coefficient (Wildman–Crippen LogP) is 4.40. The van der Waals surface area contributed by atoms with Gasteiger partial charge in [-0.2, -0.15) is 5.26 Å². The molecule has 2 nitrogen and oxygen atoms in total. The van der Waals surface area contributed by atoms with Crippen LogP contribution < -0.4 is 0 Å². The molecule has 0 saturated carbocycles. The van der Waals surface area contributed by atoms with Crippen molar-refractivity contribution in [1.29, 1.82) is 5.26 Å². The summed E-state index contributed by atoms with van der Waals surface area (Å²) in [6.07, 6.45) is 0.447. The summed E-state index contributed by atoms with van der Waals surface area (Å²) in [6, 6.07) is 25.3. The maximum atomic E-state index is 12.6. The largest absolute Gasteiger partial charge is 0.293 e. The van der Waals surface area contributed by atoms with Crippen molar-refractivity contribution < 1.29 is 4.79 Å². The lowest BCUT2D eigenvalue weighted by atomic mass is 9.91. The standard InChI is InChI=1S/C20H15NO/c21-14-19(12-15-6-2-1-3-7-15)20(22)18-11-10-16-8-4-5-9-17(16)13-18/h1-11,13,19H,12H2. The van der Waals surface area contributed by atoms with Gasteiger partial charge in [0.1, 0.15) is 5.92 Å². The van der Waals surface area contributed by atoms with Gasteiger partial charge in [-0.1, -0.05) is 66.7 Å². The van der Waals surface area contributed by atoms with Gasteiger partial charge in [-0.05, 0) is 28.8 Å². The minimum absolute atomic E-state index is 0.114. The fourth-order valence-electron chi connectivity index (χ4n) is 2.59. The molecule has 3 aromatic rings. The van der Waals surface area contributed by atoms with Crippen LogP contribution in [0.15, 0.2) is 72.8 Å². The van der Waals surface area contributed by atoms with Crippen LogP contribution in [-0.2, 0) is 6.42 Å². The summed E-state index contributed by atoms with van der Waals surface area (Å²) in [7, 11) is 0. The van der Waals surface area contributed by atoms with Crippen molar-refractivity contribution in [2.45, 2.75) is 6.42 Å². The van der Waals surface area contributed by atoms with E-state index >= 15 is 0 Å². The Labute approximate surface area is 129 Å². The number of Topliss-reactive ketones (excluding diaryl/α,β-unsaturated/α-hetero) is 1. The second kappa shape index (κ2) is 6.24. The van der Waals surface area contributed by atoms with Gasteiger partial charge in [-0.15, -0.1) is 0 Å². The molecule has 106 valence electrons. The van der Waals surface area contributed by atoms with Crippen LogP contribution >= 0.6 is 0 Å². The molecule has 0 amide bonds. The van der Waals surface area contributed by atoms with Crippen molar-refractivity contribution in [1.82, 2.24) is 0 Å². The van der Waals surface area contributed by atoms with Crippen LogP contribution in [0.3, 0.4) is 0 Å². The fourth-order valence-corrected chi connectivity index (χ4v) is 2.59. The normalized spacial score (nSPS) is 11.8. The average Bonchev–Trinajstić information content (AvgIpc) is 2.59. The molecule has 3 aromatic carbocycles. The third kappa shape index (κ3) is 2.89. The van der Waals surface area contributed by atoms with E-state index in [0.717, 1.165) is 16.3 Å². The van der Waals surface area contributed by atoms with Crippen molar-refractivity contribution in [3.05, 3.63) is 83.9 Å². The zero-order valence-corrected chi connectivity index (χ0v) is 12.1. The molecule has 0 radical (unpaired) electrons. The SMILES string of the molecule is N#CC(Cc1ccccc1)C(=O)c1ccc2ccccc2c1. The van der Waals surface area contributed by atoms with E-state index in [1.807, 2.05) is 66.7 Å². The van der Waals surface area contributed by atoms with E-state index in [9.17, 15) is 10.1 Å². The van der Waals surface area contributed by atoms with E-state index in [1.165, 1.54) is 0 Å². The quantitative estimate of drug-likeness (QED) is 0.666. The number of fused-ring (bicyclic) bond motifs is 1. The molecule has 0 heterocycles. The van der Waals surface area contributed by atoms with E-state index in [2.05, 4.69) is 6.07 Å². The summed E-state index contributed by atoms with van der Waals surface area (Å²) in [4.78, 5) is 12.6. The number of benzene rings is 3. The Morgan fingerprint density at radius 1 is 0.909 bits per heavy atom. The molecule has 0 saturated heterocycles. The summed E-state index contributed by atoms with van der Waals surface area (Å²) < 4.78 is 0. The molecule has 0 aliphatic carbocycles. The molecule has 1 unspecified atom stereocenters. The number of nitriles is 1. The third-order valence-corrected chi connectivity index (χ3v) is 3.79. The highest BCUT2D eigenvalue weighted by atomic mass is 16.1. The highest BCUT2D eigenvalue weighted by Gasteiger charge is 2.20. The number of nitrogens with zero attached hydrogens (tertiary/aromatic N) is 1. The summed E-state index contributed by atoms with van der Waals surface area (Å²) >= 11 is 0. The summed E-state index contributed by atoms with van der Waals surface area (Å²) in [5.74, 6) is -0.763. The Balaban J connectivity index is 1.88. The molecular weight excluding hydrogens is 270 g/mol. The first-order valence-corrected chi connectivity index (χ1v) is 7.24. The minimum Gasteiger partial charge on any atom is -0.293 e. The van der Waals surface area contributed by atoms with E-state index < -0.39 is 5.92 Å². The Hall–Kier alpha value is -2.92. The first kappa shape index (κ1) is 14.0. The van der Waals surface area contributed by atoms with E-state index in [0.29, 0.717) is 12.0 Å². The highest BCUT2D eigenvalue weighted by molar-refractivity contribution is 6.02. The fraction of sp³-hybridized carbons (Fsp3) is 0.100. The molecule has 0 aliphatic heterocycles. The van der Waals surface area contributed by atoms with Crippen LogP contribution in [0, 0.1) is 17.2 Å². The van der Waals surface area contributed by atoms with Crippen LogP contribution in [0.25, 0.3) is 10.8 Å². The third-order valence-electron chi connectivity index (χ3n) is 3.79. The molecule has 0 bridgehead atoms. The molecule has 0 aromatic heterocycles. The lowest BCUT2D eigenvalue weighted by Crippen LogP contribution is -2.15. The average molecular weight is 285 g/mol. The second-order valence-corrected chi connectivity index (χ2v) is 5.30. The molecule has 3 rings (SSSR count). The van der Waals surface area contributed by atoms with Crippen molar-refractivity contribution in [3.8, 4) is 6.07 Å². The second-order valence-electron chi connectivity index (χ2n) is 5.30. The van der Waals surface area contributed by atoms with Gasteiger partial charge in [0.2, 0.25) is 0 Å². The Kier molecular flexibility index (Phi) is 3.98. The van der Waals surface area contributed by atoms with Gasteiger partial charge >= 0.3 is 0 Å². The van der Waals surface area contributed by atoms with Gasteiger partial charge in [-0.25, -0.2) is 0 Å². The number of carbonyl (C=O) groups is 1. The van der Waals surface area contributed by atoms with E-state index in [1.54, 1.807) is 6.07 Å². The smallest absolute Gasteiger partial charge is 0.180 e. The zero-order chi connectivity index (χ0) is 15.4. The first-order valence-electron chi connectivity index (χ1n) is 7.24. The minimum atomic E-state index is -0.649. The van der Waals surface area contributed by atoms with Crippen LogP contribution in [0.2, 0.25) is 0 Å². The molecule has 1 atom stereocenters. The van der Waals surface area contributed by atoms with Gasteiger partial charge in [0.25, 0.3) is 0 Å². The number of ketones is 1. The van der Waals surface area contributed by atoms with Gasteiger partial charge in [-0.3, -0.25) is 4.79 Å². The van der Waals surface area contributed by atoms with Crippen molar-refractivity contribution in [3.63, 3.8) is 0 Å². The molecule has 22 heavy (non-hydrogen) atoms. The Morgan fingerprint density at radius 3 is 2.32 bits per heavy atom. The number of hydrogen-bond acceptors (Lipinski definition) is 2. The maximum absolute atomic E-state index is 12.6. The van der Waals surface area contributed by atoms with Crippen LogP contribution in [0.5, 0.6) is 0 Å². The van der Waals surface area contributed by atoms with Crippen molar-refractivity contribution in [2.75, 3.05) is 0 Å². The molecule has 0 aliphatic rings. The van der Waals surface area contributed by atoms with E-state index in [-0.39, 0.29) is 5.78 Å². The molecule has 0 fully saturated rings. The Morgan fingerprint density at radius 2 is 1.59 bits per heavy atom. The Bertz CT molecular complexity index is 846. The zero-order valence-electron chi connectivity index (χ0n) is 12.1.